The second kappa shape index (κ2) is 6.06. The zero-order chi connectivity index (χ0) is 11.5. The van der Waals surface area contributed by atoms with Crippen molar-refractivity contribution < 1.29 is 17.6 Å². The number of nitrogens with one attached hydrogen (secondary N) is 1. The van der Waals surface area contributed by atoms with Crippen molar-refractivity contribution in [3.8, 4) is 0 Å². The molecule has 0 heterocycles. The van der Waals surface area contributed by atoms with Crippen LogP contribution in [0.5, 0.6) is 0 Å². The van der Waals surface area contributed by atoms with Gasteiger partial charge < -0.3 is 5.32 Å². The molecule has 1 nitrogen and oxygen atoms in total. The molecule has 0 bridgehead atoms. The Kier molecular flexibility index (Phi) is 5.75. The van der Waals surface area contributed by atoms with Gasteiger partial charge in [-0.05, 0) is 24.6 Å². The van der Waals surface area contributed by atoms with E-state index in [1.54, 1.807) is 0 Å². The van der Waals surface area contributed by atoms with Crippen LogP contribution in [0, 0.1) is 5.82 Å². The summed E-state index contributed by atoms with van der Waals surface area (Å²) in [5.41, 5.74) is 0.618. The maximum absolute atomic E-state index is 12.5. The summed E-state index contributed by atoms with van der Waals surface area (Å²) in [5, 5.41) is 2.31. The fourth-order valence-electron chi connectivity index (χ4n) is 0.989. The van der Waals surface area contributed by atoms with Gasteiger partial charge in [-0.2, -0.15) is 13.2 Å². The van der Waals surface area contributed by atoms with E-state index in [9.17, 15) is 17.6 Å². The van der Waals surface area contributed by atoms with Gasteiger partial charge in [0.15, 0.2) is 0 Å². The normalized spacial score (nSPS) is 13.1. The van der Waals surface area contributed by atoms with Crippen molar-refractivity contribution in [2.45, 2.75) is 25.7 Å². The maximum Gasteiger partial charge on any atom is 0.403 e. The molecule has 0 saturated carbocycles. The summed E-state index contributed by atoms with van der Waals surface area (Å²) in [4.78, 5) is 0. The van der Waals surface area contributed by atoms with Crippen LogP contribution < -0.4 is 5.32 Å². The van der Waals surface area contributed by atoms with Gasteiger partial charge in [-0.1, -0.05) is 12.1 Å². The van der Waals surface area contributed by atoms with Gasteiger partial charge in [-0.25, -0.2) is 4.39 Å². The van der Waals surface area contributed by atoms with Crippen LogP contribution in [0.4, 0.5) is 17.6 Å². The van der Waals surface area contributed by atoms with Crippen molar-refractivity contribution in [1.29, 1.82) is 0 Å². The highest BCUT2D eigenvalue weighted by atomic mass is 35.5. The molecule has 0 aliphatic heterocycles. The molecule has 6 heteroatoms. The van der Waals surface area contributed by atoms with Gasteiger partial charge in [-0.15, -0.1) is 12.4 Å². The molecule has 92 valence electrons. The zero-order valence-electron chi connectivity index (χ0n) is 8.51. The summed E-state index contributed by atoms with van der Waals surface area (Å²) >= 11 is 0. The third kappa shape index (κ3) is 4.81. The molecule has 1 atom stereocenters. The maximum atomic E-state index is 12.5. The van der Waals surface area contributed by atoms with Gasteiger partial charge in [0, 0.05) is 6.54 Å². The third-order valence-corrected chi connectivity index (χ3v) is 2.02. The lowest BCUT2D eigenvalue weighted by molar-refractivity contribution is -0.151. The highest BCUT2D eigenvalue weighted by molar-refractivity contribution is 5.85. The van der Waals surface area contributed by atoms with Crippen molar-refractivity contribution in [2.75, 3.05) is 0 Å². The summed E-state index contributed by atoms with van der Waals surface area (Å²) in [6.45, 7) is 1.12. The van der Waals surface area contributed by atoms with Gasteiger partial charge in [0.25, 0.3) is 0 Å². The monoisotopic (exact) mass is 257 g/mol. The van der Waals surface area contributed by atoms with E-state index >= 15 is 0 Å². The first-order chi connectivity index (χ1) is 6.89. The second-order valence-corrected chi connectivity index (χ2v) is 3.27. The summed E-state index contributed by atoms with van der Waals surface area (Å²) in [6, 6.07) is 3.77. The van der Waals surface area contributed by atoms with E-state index < -0.39 is 18.0 Å². The summed E-state index contributed by atoms with van der Waals surface area (Å²) < 4.78 is 48.8. The predicted molar refractivity (Wildman–Crippen MR) is 56.0 cm³/mol. The fourth-order valence-corrected chi connectivity index (χ4v) is 0.989. The molecular weight excluding hydrogens is 246 g/mol. The van der Waals surface area contributed by atoms with E-state index in [1.807, 2.05) is 0 Å². The predicted octanol–water partition coefficient (Wildman–Crippen LogP) is 3.29. The van der Waals surface area contributed by atoms with Crippen molar-refractivity contribution in [2.24, 2.45) is 0 Å². The smallest absolute Gasteiger partial charge is 0.302 e. The van der Waals surface area contributed by atoms with Crippen LogP contribution in [-0.2, 0) is 6.54 Å². The Labute approximate surface area is 97.3 Å². The highest BCUT2D eigenvalue weighted by Crippen LogP contribution is 2.19. The molecule has 0 saturated heterocycles. The molecule has 1 aromatic carbocycles. The largest absolute Gasteiger partial charge is 0.403 e. The van der Waals surface area contributed by atoms with Gasteiger partial charge in [0.05, 0.1) is 0 Å². The first kappa shape index (κ1) is 15.2. The van der Waals surface area contributed by atoms with E-state index in [0.29, 0.717) is 5.56 Å². The molecule has 0 spiro atoms. The second-order valence-electron chi connectivity index (χ2n) is 3.27. The van der Waals surface area contributed by atoms with Gasteiger partial charge in [-0.3, -0.25) is 0 Å². The first-order valence-electron chi connectivity index (χ1n) is 4.44. The fraction of sp³-hybridized carbons (Fsp3) is 0.400. The lowest BCUT2D eigenvalue weighted by atomic mass is 10.2. The number of hydrogen-bond donors (Lipinski definition) is 1. The molecule has 0 amide bonds. The lowest BCUT2D eigenvalue weighted by Gasteiger charge is -2.16. The van der Waals surface area contributed by atoms with Crippen molar-refractivity contribution in [1.82, 2.24) is 5.32 Å². The van der Waals surface area contributed by atoms with Gasteiger partial charge >= 0.3 is 6.18 Å². The Morgan fingerprint density at radius 2 is 1.69 bits per heavy atom. The van der Waals surface area contributed by atoms with Crippen LogP contribution in [0.2, 0.25) is 0 Å². The van der Waals surface area contributed by atoms with Crippen molar-refractivity contribution in [3.63, 3.8) is 0 Å². The summed E-state index contributed by atoms with van der Waals surface area (Å²) in [7, 11) is 0. The van der Waals surface area contributed by atoms with Crippen LogP contribution in [0.15, 0.2) is 24.3 Å². The quantitative estimate of drug-likeness (QED) is 0.820. The number of hydrogen-bond acceptors (Lipinski definition) is 1. The average molecular weight is 258 g/mol. The topological polar surface area (TPSA) is 12.0 Å². The van der Waals surface area contributed by atoms with Crippen molar-refractivity contribution >= 4 is 12.4 Å². The highest BCUT2D eigenvalue weighted by Gasteiger charge is 2.35. The molecule has 16 heavy (non-hydrogen) atoms. The molecule has 0 aliphatic rings. The molecule has 1 unspecified atom stereocenters. The van der Waals surface area contributed by atoms with Crippen molar-refractivity contribution in [3.05, 3.63) is 35.6 Å². The number of halogens is 5. The SMILES string of the molecule is CC(NCc1ccc(F)cc1)C(F)(F)F.Cl. The summed E-state index contributed by atoms with van der Waals surface area (Å²) in [5.74, 6) is -0.400. The Bertz CT molecular complexity index is 310. The molecule has 0 fully saturated rings. The lowest BCUT2D eigenvalue weighted by Crippen LogP contribution is -2.39. The van der Waals surface area contributed by atoms with Gasteiger partial charge in [0.2, 0.25) is 0 Å². The number of alkyl halides is 3. The number of rotatable bonds is 3. The van der Waals surface area contributed by atoms with E-state index in [2.05, 4.69) is 5.32 Å². The molecule has 1 aromatic rings. The van der Waals surface area contributed by atoms with E-state index in [0.717, 1.165) is 6.92 Å². The minimum Gasteiger partial charge on any atom is -0.302 e. The van der Waals surface area contributed by atoms with Crippen LogP contribution in [0.3, 0.4) is 0 Å². The number of benzene rings is 1. The van der Waals surface area contributed by atoms with Crippen LogP contribution >= 0.6 is 12.4 Å². The minimum atomic E-state index is -4.25. The van der Waals surface area contributed by atoms with E-state index in [-0.39, 0.29) is 19.0 Å². The molecule has 0 aromatic heterocycles. The Balaban J connectivity index is 0.00000225. The van der Waals surface area contributed by atoms with E-state index in [4.69, 9.17) is 0 Å². The van der Waals surface area contributed by atoms with Crippen LogP contribution in [0.25, 0.3) is 0 Å². The Hall–Kier alpha value is -0.810. The van der Waals surface area contributed by atoms with E-state index in [1.165, 1.54) is 24.3 Å². The molecule has 1 N–H and O–H groups in total. The van der Waals surface area contributed by atoms with Gasteiger partial charge in [0.1, 0.15) is 11.9 Å². The zero-order valence-corrected chi connectivity index (χ0v) is 9.33. The first-order valence-corrected chi connectivity index (χ1v) is 4.44. The third-order valence-electron chi connectivity index (χ3n) is 2.02. The molecule has 1 rings (SSSR count). The minimum absolute atomic E-state index is 0. The molecule has 0 radical (unpaired) electrons. The molecule has 0 aliphatic carbocycles. The van der Waals surface area contributed by atoms with Crippen LogP contribution in [-0.4, -0.2) is 12.2 Å². The summed E-state index contributed by atoms with van der Waals surface area (Å²) in [6.07, 6.45) is -4.25. The Morgan fingerprint density at radius 1 is 1.19 bits per heavy atom. The molecular formula is C10H12ClF4N. The standard InChI is InChI=1S/C10H11F4N.ClH/c1-7(10(12,13)14)15-6-8-2-4-9(11)5-3-8;/h2-5,7,15H,6H2,1H3;1H. The Morgan fingerprint density at radius 3 is 2.12 bits per heavy atom. The van der Waals surface area contributed by atoms with Crippen LogP contribution in [0.1, 0.15) is 12.5 Å². The average Bonchev–Trinajstić information content (AvgIpc) is 2.15.